The van der Waals surface area contributed by atoms with Crippen LogP contribution in [0.4, 0.5) is 0 Å². The van der Waals surface area contributed by atoms with Crippen LogP contribution in [0, 0.1) is 11.3 Å². The topological polar surface area (TPSA) is 44.0 Å². The Morgan fingerprint density at radius 1 is 1.07 bits per heavy atom. The number of benzene rings is 2. The molecule has 0 atom stereocenters. The largest absolute Gasteiger partial charge is 0.508 e. The van der Waals surface area contributed by atoms with Crippen LogP contribution >= 0.6 is 0 Å². The van der Waals surface area contributed by atoms with Gasteiger partial charge in [-0.1, -0.05) is 30.3 Å². The van der Waals surface area contributed by atoms with Gasteiger partial charge < -0.3 is 5.11 Å². The molecular weight excluding hydrogens is 174 g/mol. The molecule has 14 heavy (non-hydrogen) atoms. The molecule has 0 bridgehead atoms. The SMILES string of the molecule is CC#N.Oc1ccc2ccccc2c1. The van der Waals surface area contributed by atoms with E-state index in [9.17, 15) is 0 Å². The Bertz CT molecular complexity index is 457. The van der Waals surface area contributed by atoms with Crippen LogP contribution in [0.3, 0.4) is 0 Å². The summed E-state index contributed by atoms with van der Waals surface area (Å²) >= 11 is 0. The van der Waals surface area contributed by atoms with Gasteiger partial charge in [0.25, 0.3) is 0 Å². The molecule has 0 aliphatic carbocycles. The van der Waals surface area contributed by atoms with Gasteiger partial charge in [0.05, 0.1) is 6.07 Å². The summed E-state index contributed by atoms with van der Waals surface area (Å²) in [5.41, 5.74) is 0. The molecule has 0 aromatic heterocycles. The van der Waals surface area contributed by atoms with Gasteiger partial charge in [-0.3, -0.25) is 0 Å². The number of fused-ring (bicyclic) bond motifs is 1. The first kappa shape index (κ1) is 10.1. The van der Waals surface area contributed by atoms with E-state index in [1.807, 2.05) is 30.3 Å². The van der Waals surface area contributed by atoms with Crippen molar-refractivity contribution in [2.24, 2.45) is 0 Å². The Balaban J connectivity index is 0.000000293. The first-order valence-electron chi connectivity index (χ1n) is 4.26. The Morgan fingerprint density at radius 3 is 2.29 bits per heavy atom. The van der Waals surface area contributed by atoms with Crippen molar-refractivity contribution in [3.63, 3.8) is 0 Å². The highest BCUT2D eigenvalue weighted by Gasteiger charge is 1.91. The fourth-order valence-corrected chi connectivity index (χ4v) is 1.18. The van der Waals surface area contributed by atoms with Crippen molar-refractivity contribution < 1.29 is 5.11 Å². The van der Waals surface area contributed by atoms with Gasteiger partial charge in [0.2, 0.25) is 0 Å². The molecule has 2 aromatic rings. The van der Waals surface area contributed by atoms with Crippen LogP contribution in [-0.2, 0) is 0 Å². The average Bonchev–Trinajstić information content (AvgIpc) is 2.19. The molecule has 1 N–H and O–H groups in total. The van der Waals surface area contributed by atoms with E-state index >= 15 is 0 Å². The Labute approximate surface area is 83.0 Å². The summed E-state index contributed by atoms with van der Waals surface area (Å²) in [6, 6.07) is 15.1. The first-order chi connectivity index (χ1) is 6.77. The maximum absolute atomic E-state index is 9.13. The number of nitriles is 1. The van der Waals surface area contributed by atoms with Gasteiger partial charge in [-0.15, -0.1) is 0 Å². The summed E-state index contributed by atoms with van der Waals surface area (Å²) in [5.74, 6) is 0.323. The van der Waals surface area contributed by atoms with Gasteiger partial charge in [-0.25, -0.2) is 0 Å². The molecule has 0 aliphatic heterocycles. The van der Waals surface area contributed by atoms with Crippen LogP contribution in [0.1, 0.15) is 6.92 Å². The zero-order valence-corrected chi connectivity index (χ0v) is 7.94. The predicted molar refractivity (Wildman–Crippen MR) is 56.9 cm³/mol. The van der Waals surface area contributed by atoms with Crippen LogP contribution < -0.4 is 0 Å². The minimum absolute atomic E-state index is 0.323. The number of phenolic OH excluding ortho intramolecular Hbond substituents is 1. The molecule has 0 fully saturated rings. The zero-order valence-electron chi connectivity index (χ0n) is 7.94. The number of hydrogen-bond acceptors (Lipinski definition) is 2. The third-order valence-electron chi connectivity index (χ3n) is 1.73. The third kappa shape index (κ3) is 2.49. The lowest BCUT2D eigenvalue weighted by molar-refractivity contribution is 0.476. The highest BCUT2D eigenvalue weighted by molar-refractivity contribution is 5.83. The minimum atomic E-state index is 0.323. The standard InChI is InChI=1S/C10H8O.C2H3N/c11-10-6-5-8-3-1-2-4-9(8)7-10;1-2-3/h1-7,11H;1H3. The van der Waals surface area contributed by atoms with Crippen LogP contribution in [0.15, 0.2) is 42.5 Å². The third-order valence-corrected chi connectivity index (χ3v) is 1.73. The van der Waals surface area contributed by atoms with Crippen LogP contribution in [-0.4, -0.2) is 5.11 Å². The predicted octanol–water partition coefficient (Wildman–Crippen LogP) is 3.08. The lowest BCUT2D eigenvalue weighted by atomic mass is 10.1. The molecule has 0 heterocycles. The minimum Gasteiger partial charge on any atom is -0.508 e. The summed E-state index contributed by atoms with van der Waals surface area (Å²) in [6.45, 7) is 1.43. The van der Waals surface area contributed by atoms with Crippen molar-refractivity contribution in [2.45, 2.75) is 6.92 Å². The second-order valence-corrected chi connectivity index (χ2v) is 2.76. The number of aromatic hydroxyl groups is 1. The van der Waals surface area contributed by atoms with Crippen LogP contribution in [0.2, 0.25) is 0 Å². The summed E-state index contributed by atoms with van der Waals surface area (Å²) in [4.78, 5) is 0. The maximum Gasteiger partial charge on any atom is 0.116 e. The Kier molecular flexibility index (Phi) is 3.51. The summed E-state index contributed by atoms with van der Waals surface area (Å²) < 4.78 is 0. The van der Waals surface area contributed by atoms with Gasteiger partial charge in [0.1, 0.15) is 5.75 Å². The van der Waals surface area contributed by atoms with Gasteiger partial charge in [-0.2, -0.15) is 5.26 Å². The molecule has 2 aromatic carbocycles. The molecule has 2 nitrogen and oxygen atoms in total. The molecule has 0 unspecified atom stereocenters. The molecule has 0 spiro atoms. The van der Waals surface area contributed by atoms with Gasteiger partial charge in [0.15, 0.2) is 0 Å². The Hall–Kier alpha value is -2.01. The monoisotopic (exact) mass is 185 g/mol. The molecule has 2 heteroatoms. The summed E-state index contributed by atoms with van der Waals surface area (Å²) in [7, 11) is 0. The van der Waals surface area contributed by atoms with E-state index in [0.29, 0.717) is 5.75 Å². The summed E-state index contributed by atoms with van der Waals surface area (Å²) in [6.07, 6.45) is 0. The van der Waals surface area contributed by atoms with E-state index in [1.54, 1.807) is 18.2 Å². The van der Waals surface area contributed by atoms with E-state index in [4.69, 9.17) is 10.4 Å². The van der Waals surface area contributed by atoms with Crippen LogP contribution in [0.25, 0.3) is 10.8 Å². The number of rotatable bonds is 0. The fraction of sp³-hybridized carbons (Fsp3) is 0.0833. The molecule has 0 amide bonds. The Morgan fingerprint density at radius 2 is 1.64 bits per heavy atom. The highest BCUT2D eigenvalue weighted by atomic mass is 16.3. The van der Waals surface area contributed by atoms with Crippen molar-refractivity contribution in [2.75, 3.05) is 0 Å². The van der Waals surface area contributed by atoms with Crippen molar-refractivity contribution in [1.82, 2.24) is 0 Å². The smallest absolute Gasteiger partial charge is 0.116 e. The van der Waals surface area contributed by atoms with E-state index in [-0.39, 0.29) is 0 Å². The van der Waals surface area contributed by atoms with Crippen molar-refractivity contribution in [3.8, 4) is 11.8 Å². The number of hydrogen-bond donors (Lipinski definition) is 1. The van der Waals surface area contributed by atoms with E-state index in [2.05, 4.69) is 0 Å². The lowest BCUT2D eigenvalue weighted by Crippen LogP contribution is -1.69. The maximum atomic E-state index is 9.13. The molecule has 0 radical (unpaired) electrons. The van der Waals surface area contributed by atoms with Crippen molar-refractivity contribution >= 4 is 10.8 Å². The molecular formula is C12H11NO. The van der Waals surface area contributed by atoms with E-state index < -0.39 is 0 Å². The molecule has 0 aliphatic rings. The fourth-order valence-electron chi connectivity index (χ4n) is 1.18. The highest BCUT2D eigenvalue weighted by Crippen LogP contribution is 2.18. The van der Waals surface area contributed by atoms with Gasteiger partial charge in [0, 0.05) is 6.92 Å². The quantitative estimate of drug-likeness (QED) is 0.685. The van der Waals surface area contributed by atoms with E-state index in [0.717, 1.165) is 10.8 Å². The normalized spacial score (nSPS) is 8.57. The molecule has 0 saturated carbocycles. The lowest BCUT2D eigenvalue weighted by Gasteiger charge is -1.96. The zero-order chi connectivity index (χ0) is 10.4. The number of phenols is 1. The number of nitrogens with zero attached hydrogens (tertiary/aromatic N) is 1. The summed E-state index contributed by atoms with van der Waals surface area (Å²) in [5, 5.41) is 18.7. The van der Waals surface area contributed by atoms with Crippen molar-refractivity contribution in [1.29, 1.82) is 5.26 Å². The second kappa shape index (κ2) is 4.88. The van der Waals surface area contributed by atoms with Crippen LogP contribution in [0.5, 0.6) is 5.75 Å². The van der Waals surface area contributed by atoms with E-state index in [1.165, 1.54) is 6.92 Å². The second-order valence-electron chi connectivity index (χ2n) is 2.76. The van der Waals surface area contributed by atoms with Gasteiger partial charge in [-0.05, 0) is 22.9 Å². The van der Waals surface area contributed by atoms with Gasteiger partial charge >= 0.3 is 0 Å². The molecule has 2 rings (SSSR count). The molecule has 0 saturated heterocycles. The van der Waals surface area contributed by atoms with Crippen molar-refractivity contribution in [3.05, 3.63) is 42.5 Å². The molecule has 70 valence electrons. The first-order valence-corrected chi connectivity index (χ1v) is 4.26. The average molecular weight is 185 g/mol.